The van der Waals surface area contributed by atoms with Gasteiger partial charge in [-0.15, -0.1) is 11.3 Å². The fraction of sp³-hybridized carbons (Fsp3) is 0.462. The minimum atomic E-state index is -0.828. The van der Waals surface area contributed by atoms with Crippen LogP contribution in [0.2, 0.25) is 0 Å². The summed E-state index contributed by atoms with van der Waals surface area (Å²) in [5, 5.41) is 13.1. The summed E-state index contributed by atoms with van der Waals surface area (Å²) in [6, 6.07) is 3.53. The number of nitrogens with one attached hydrogen (secondary N) is 1. The number of thiophene rings is 1. The molecular formula is C13H16N2O4S. The van der Waals surface area contributed by atoms with Gasteiger partial charge >= 0.3 is 5.97 Å². The van der Waals surface area contributed by atoms with Gasteiger partial charge in [-0.3, -0.25) is 14.4 Å². The van der Waals surface area contributed by atoms with Gasteiger partial charge in [0.1, 0.15) is 0 Å². The SMILES string of the molecule is O=C(O)CC1CN(C(=O)CCNC(=O)c2cccs2)C1. The van der Waals surface area contributed by atoms with Crippen molar-refractivity contribution in [2.24, 2.45) is 5.92 Å². The smallest absolute Gasteiger partial charge is 0.303 e. The van der Waals surface area contributed by atoms with Crippen LogP contribution in [0.15, 0.2) is 17.5 Å². The molecular weight excluding hydrogens is 280 g/mol. The molecule has 7 heteroatoms. The van der Waals surface area contributed by atoms with Crippen molar-refractivity contribution < 1.29 is 19.5 Å². The van der Waals surface area contributed by atoms with Gasteiger partial charge in [0.2, 0.25) is 5.91 Å². The molecule has 0 atom stereocenters. The molecule has 0 aliphatic carbocycles. The molecule has 0 saturated carbocycles. The van der Waals surface area contributed by atoms with Gasteiger partial charge < -0.3 is 15.3 Å². The molecule has 6 nitrogen and oxygen atoms in total. The van der Waals surface area contributed by atoms with Crippen molar-refractivity contribution >= 4 is 29.1 Å². The monoisotopic (exact) mass is 296 g/mol. The van der Waals surface area contributed by atoms with Gasteiger partial charge in [-0.25, -0.2) is 0 Å². The molecule has 1 aliphatic rings. The number of likely N-dealkylation sites (tertiary alicyclic amines) is 1. The Morgan fingerprint density at radius 1 is 1.40 bits per heavy atom. The number of amides is 2. The van der Waals surface area contributed by atoms with Crippen molar-refractivity contribution in [2.45, 2.75) is 12.8 Å². The van der Waals surface area contributed by atoms with E-state index in [1.807, 2.05) is 5.38 Å². The third-order valence-corrected chi connectivity index (χ3v) is 4.01. The number of carboxylic acid groups (broad SMARTS) is 1. The second-order valence-corrected chi connectivity index (χ2v) is 5.69. The van der Waals surface area contributed by atoms with Gasteiger partial charge in [-0.2, -0.15) is 0 Å². The fourth-order valence-electron chi connectivity index (χ4n) is 2.09. The molecule has 2 N–H and O–H groups in total. The van der Waals surface area contributed by atoms with Crippen molar-refractivity contribution in [1.82, 2.24) is 10.2 Å². The number of rotatable bonds is 6. The molecule has 1 aromatic rings. The van der Waals surface area contributed by atoms with Gasteiger partial charge in [-0.1, -0.05) is 6.07 Å². The molecule has 20 heavy (non-hydrogen) atoms. The molecule has 0 bridgehead atoms. The van der Waals surface area contributed by atoms with Crippen LogP contribution in [0.1, 0.15) is 22.5 Å². The normalized spacial score (nSPS) is 14.7. The lowest BCUT2D eigenvalue weighted by Gasteiger charge is -2.38. The van der Waals surface area contributed by atoms with E-state index in [1.54, 1.807) is 17.0 Å². The Labute approximate surface area is 120 Å². The zero-order chi connectivity index (χ0) is 14.5. The Morgan fingerprint density at radius 2 is 2.15 bits per heavy atom. The largest absolute Gasteiger partial charge is 0.481 e. The second kappa shape index (κ2) is 6.51. The molecule has 2 heterocycles. The highest BCUT2D eigenvalue weighted by Crippen LogP contribution is 2.19. The molecule has 1 saturated heterocycles. The zero-order valence-electron chi connectivity index (χ0n) is 10.9. The summed E-state index contributed by atoms with van der Waals surface area (Å²) in [5.74, 6) is -0.972. The summed E-state index contributed by atoms with van der Waals surface area (Å²) in [6.07, 6.45) is 0.357. The predicted octanol–water partition coefficient (Wildman–Crippen LogP) is 0.801. The Hall–Kier alpha value is -1.89. The van der Waals surface area contributed by atoms with Crippen molar-refractivity contribution in [1.29, 1.82) is 0 Å². The average molecular weight is 296 g/mol. The van der Waals surface area contributed by atoms with Crippen molar-refractivity contribution in [3.05, 3.63) is 22.4 Å². The molecule has 0 spiro atoms. The third kappa shape index (κ3) is 3.80. The standard InChI is InChI=1S/C13H16N2O4S/c16-11(15-7-9(8-15)6-12(17)18)3-4-14-13(19)10-2-1-5-20-10/h1-2,5,9H,3-4,6-8H2,(H,14,19)(H,17,18). The number of nitrogens with zero attached hydrogens (tertiary/aromatic N) is 1. The quantitative estimate of drug-likeness (QED) is 0.813. The lowest BCUT2D eigenvalue weighted by molar-refractivity contribution is -0.145. The van der Waals surface area contributed by atoms with E-state index in [0.29, 0.717) is 24.5 Å². The summed E-state index contributed by atoms with van der Waals surface area (Å²) >= 11 is 1.35. The van der Waals surface area contributed by atoms with Gasteiger partial charge in [0.05, 0.1) is 11.3 Å². The summed E-state index contributed by atoms with van der Waals surface area (Å²) in [5.41, 5.74) is 0. The highest BCUT2D eigenvalue weighted by atomic mass is 32.1. The molecule has 0 unspecified atom stereocenters. The van der Waals surface area contributed by atoms with E-state index < -0.39 is 5.97 Å². The highest BCUT2D eigenvalue weighted by molar-refractivity contribution is 7.12. The van der Waals surface area contributed by atoms with Crippen LogP contribution >= 0.6 is 11.3 Å². The van der Waals surface area contributed by atoms with Crippen LogP contribution in [0.3, 0.4) is 0 Å². The Bertz CT molecular complexity index is 494. The predicted molar refractivity (Wildman–Crippen MR) is 73.6 cm³/mol. The van der Waals surface area contributed by atoms with Crippen LogP contribution in [0.4, 0.5) is 0 Å². The van der Waals surface area contributed by atoms with Gasteiger partial charge in [0.15, 0.2) is 0 Å². The first kappa shape index (κ1) is 14.5. The van der Waals surface area contributed by atoms with Crippen LogP contribution in [-0.4, -0.2) is 47.4 Å². The van der Waals surface area contributed by atoms with Crippen molar-refractivity contribution in [2.75, 3.05) is 19.6 Å². The molecule has 1 aromatic heterocycles. The van der Waals surface area contributed by atoms with Gasteiger partial charge in [0.25, 0.3) is 5.91 Å². The second-order valence-electron chi connectivity index (χ2n) is 4.75. The molecule has 0 radical (unpaired) electrons. The van der Waals surface area contributed by atoms with Crippen molar-refractivity contribution in [3.63, 3.8) is 0 Å². The first-order valence-electron chi connectivity index (χ1n) is 6.37. The van der Waals surface area contributed by atoms with Gasteiger partial charge in [0, 0.05) is 32.0 Å². The minimum absolute atomic E-state index is 0.0434. The van der Waals surface area contributed by atoms with E-state index in [1.165, 1.54) is 11.3 Å². The number of carboxylic acids is 1. The van der Waals surface area contributed by atoms with E-state index in [-0.39, 0.29) is 30.6 Å². The summed E-state index contributed by atoms with van der Waals surface area (Å²) in [4.78, 5) is 36.1. The Balaban J connectivity index is 1.62. The molecule has 2 amide bonds. The molecule has 1 fully saturated rings. The van der Waals surface area contributed by atoms with E-state index in [4.69, 9.17) is 5.11 Å². The van der Waals surface area contributed by atoms with Crippen molar-refractivity contribution in [3.8, 4) is 0 Å². The number of carbonyl (C=O) groups is 3. The van der Waals surface area contributed by atoms with Crippen LogP contribution in [0, 0.1) is 5.92 Å². The van der Waals surface area contributed by atoms with Crippen LogP contribution in [0.5, 0.6) is 0 Å². The van der Waals surface area contributed by atoms with E-state index in [2.05, 4.69) is 5.32 Å². The lowest BCUT2D eigenvalue weighted by atomic mass is 9.96. The van der Waals surface area contributed by atoms with E-state index >= 15 is 0 Å². The summed E-state index contributed by atoms with van der Waals surface area (Å²) in [7, 11) is 0. The number of hydrogen-bond donors (Lipinski definition) is 2. The van der Waals surface area contributed by atoms with Crippen LogP contribution in [-0.2, 0) is 9.59 Å². The molecule has 2 rings (SSSR count). The summed E-state index contributed by atoms with van der Waals surface area (Å²) < 4.78 is 0. The van der Waals surface area contributed by atoms with E-state index in [0.717, 1.165) is 0 Å². The topological polar surface area (TPSA) is 86.7 Å². The van der Waals surface area contributed by atoms with Crippen LogP contribution in [0.25, 0.3) is 0 Å². The highest BCUT2D eigenvalue weighted by Gasteiger charge is 2.31. The van der Waals surface area contributed by atoms with Gasteiger partial charge in [-0.05, 0) is 11.4 Å². The lowest BCUT2D eigenvalue weighted by Crippen LogP contribution is -2.51. The first-order chi connectivity index (χ1) is 9.56. The molecule has 1 aliphatic heterocycles. The van der Waals surface area contributed by atoms with E-state index in [9.17, 15) is 14.4 Å². The maximum atomic E-state index is 11.8. The fourth-order valence-corrected chi connectivity index (χ4v) is 2.73. The minimum Gasteiger partial charge on any atom is -0.481 e. The Morgan fingerprint density at radius 3 is 2.75 bits per heavy atom. The maximum absolute atomic E-state index is 11.8. The van der Waals surface area contributed by atoms with Crippen LogP contribution < -0.4 is 5.32 Å². The Kier molecular flexibility index (Phi) is 4.73. The molecule has 0 aromatic carbocycles. The average Bonchev–Trinajstić information content (AvgIpc) is 2.86. The zero-order valence-corrected chi connectivity index (χ0v) is 11.7. The number of aliphatic carboxylic acids is 1. The first-order valence-corrected chi connectivity index (χ1v) is 7.25. The summed E-state index contributed by atoms with van der Waals surface area (Å²) in [6.45, 7) is 1.31. The maximum Gasteiger partial charge on any atom is 0.303 e. The number of hydrogen-bond acceptors (Lipinski definition) is 4. The number of carbonyl (C=O) groups excluding carboxylic acids is 2. The third-order valence-electron chi connectivity index (χ3n) is 3.14. The molecule has 108 valence electrons.